The van der Waals surface area contributed by atoms with Crippen molar-refractivity contribution in [2.24, 2.45) is 0 Å². The number of pyridine rings is 1. The predicted octanol–water partition coefficient (Wildman–Crippen LogP) is 4.79. The van der Waals surface area contributed by atoms with Gasteiger partial charge in [-0.2, -0.15) is 0 Å². The number of aromatic nitrogens is 2. The third-order valence-electron chi connectivity index (χ3n) is 4.88. The Labute approximate surface area is 165 Å². The molecule has 1 amide bonds. The van der Waals surface area contributed by atoms with E-state index < -0.39 is 0 Å². The van der Waals surface area contributed by atoms with Crippen molar-refractivity contribution >= 4 is 11.6 Å². The summed E-state index contributed by atoms with van der Waals surface area (Å²) >= 11 is 0. The largest absolute Gasteiger partial charge is 0.329 e. The first-order valence-electron chi connectivity index (χ1n) is 9.44. The van der Waals surface area contributed by atoms with Gasteiger partial charge in [-0.05, 0) is 42.7 Å². The van der Waals surface area contributed by atoms with Crippen LogP contribution in [0.25, 0.3) is 5.65 Å². The van der Waals surface area contributed by atoms with E-state index in [2.05, 4.69) is 29.2 Å². The highest BCUT2D eigenvalue weighted by molar-refractivity contribution is 5.94. The van der Waals surface area contributed by atoms with E-state index in [-0.39, 0.29) is 5.91 Å². The maximum atomic E-state index is 13.6. The van der Waals surface area contributed by atoms with Crippen LogP contribution in [0.15, 0.2) is 79.0 Å². The van der Waals surface area contributed by atoms with Crippen LogP contribution in [-0.2, 0) is 13.1 Å². The van der Waals surface area contributed by atoms with Gasteiger partial charge in [0, 0.05) is 19.3 Å². The molecule has 2 heterocycles. The van der Waals surface area contributed by atoms with Crippen LogP contribution in [-0.4, -0.2) is 20.2 Å². The van der Waals surface area contributed by atoms with E-state index in [0.717, 1.165) is 28.0 Å². The summed E-state index contributed by atoms with van der Waals surface area (Å²) in [5.41, 5.74) is 5.52. The maximum absolute atomic E-state index is 13.6. The van der Waals surface area contributed by atoms with Crippen LogP contribution in [0.3, 0.4) is 0 Å². The Kier molecular flexibility index (Phi) is 4.94. The molecular formula is C24H23N3O. The highest BCUT2D eigenvalue weighted by Crippen LogP contribution is 2.19. The van der Waals surface area contributed by atoms with E-state index in [1.165, 1.54) is 0 Å². The molecule has 0 atom stereocenters. The van der Waals surface area contributed by atoms with Crippen LogP contribution in [0.4, 0.5) is 0 Å². The molecule has 0 radical (unpaired) electrons. The van der Waals surface area contributed by atoms with Gasteiger partial charge in [0.1, 0.15) is 11.3 Å². The van der Waals surface area contributed by atoms with E-state index in [1.807, 2.05) is 77.9 Å². The van der Waals surface area contributed by atoms with E-state index in [0.29, 0.717) is 18.8 Å². The molecule has 4 nitrogen and oxygen atoms in total. The highest BCUT2D eigenvalue weighted by Gasteiger charge is 2.23. The quantitative estimate of drug-likeness (QED) is 0.507. The van der Waals surface area contributed by atoms with E-state index in [9.17, 15) is 4.79 Å². The zero-order valence-corrected chi connectivity index (χ0v) is 16.2. The zero-order valence-electron chi connectivity index (χ0n) is 16.2. The lowest BCUT2D eigenvalue weighted by Crippen LogP contribution is -2.31. The lowest BCUT2D eigenvalue weighted by atomic mass is 10.1. The van der Waals surface area contributed by atoms with Crippen molar-refractivity contribution in [2.75, 3.05) is 0 Å². The molecule has 0 fully saturated rings. The minimum absolute atomic E-state index is 0.0124. The van der Waals surface area contributed by atoms with Crippen molar-refractivity contribution in [3.8, 4) is 0 Å². The van der Waals surface area contributed by atoms with Gasteiger partial charge in [-0.3, -0.25) is 9.20 Å². The number of amides is 1. The van der Waals surface area contributed by atoms with Crippen LogP contribution >= 0.6 is 0 Å². The summed E-state index contributed by atoms with van der Waals surface area (Å²) in [6, 6.07) is 24.2. The van der Waals surface area contributed by atoms with Crippen LogP contribution < -0.4 is 0 Å². The molecule has 2 aromatic carbocycles. The van der Waals surface area contributed by atoms with Crippen molar-refractivity contribution in [1.29, 1.82) is 0 Å². The van der Waals surface area contributed by atoms with Gasteiger partial charge < -0.3 is 4.90 Å². The molecular weight excluding hydrogens is 346 g/mol. The first kappa shape index (κ1) is 18.0. The molecule has 0 aliphatic heterocycles. The third kappa shape index (κ3) is 3.67. The van der Waals surface area contributed by atoms with E-state index in [1.54, 1.807) is 0 Å². The lowest BCUT2D eigenvalue weighted by Gasteiger charge is -2.23. The summed E-state index contributed by atoms with van der Waals surface area (Å²) in [7, 11) is 0. The fourth-order valence-electron chi connectivity index (χ4n) is 3.48. The molecule has 0 bridgehead atoms. The van der Waals surface area contributed by atoms with Crippen LogP contribution in [0.1, 0.15) is 32.9 Å². The Morgan fingerprint density at radius 1 is 0.893 bits per heavy atom. The Morgan fingerprint density at radius 3 is 2.04 bits per heavy atom. The average Bonchev–Trinajstić information content (AvgIpc) is 3.03. The fourth-order valence-corrected chi connectivity index (χ4v) is 3.48. The molecule has 4 heteroatoms. The molecule has 2 aromatic heterocycles. The van der Waals surface area contributed by atoms with Gasteiger partial charge in [-0.1, -0.05) is 60.7 Å². The van der Waals surface area contributed by atoms with Crippen molar-refractivity contribution in [3.63, 3.8) is 0 Å². The number of hydrogen-bond acceptors (Lipinski definition) is 2. The molecule has 0 saturated carbocycles. The second kappa shape index (κ2) is 7.69. The number of hydrogen-bond donors (Lipinski definition) is 0. The number of rotatable bonds is 5. The standard InChI is InChI=1S/C24H23N3O/c1-18-13-14-27-22(15-18)25-19(2)23(27)24(28)26(16-20-9-5-3-6-10-20)17-21-11-7-4-8-12-21/h3-15H,16-17H2,1-2H3. The lowest BCUT2D eigenvalue weighted by molar-refractivity contribution is 0.0722. The van der Waals surface area contributed by atoms with Crippen LogP contribution in [0.2, 0.25) is 0 Å². The van der Waals surface area contributed by atoms with Gasteiger partial charge in [0.05, 0.1) is 5.69 Å². The third-order valence-corrected chi connectivity index (χ3v) is 4.88. The van der Waals surface area contributed by atoms with Crippen molar-refractivity contribution < 1.29 is 4.79 Å². The van der Waals surface area contributed by atoms with E-state index in [4.69, 9.17) is 0 Å². The zero-order chi connectivity index (χ0) is 19.5. The normalized spacial score (nSPS) is 10.9. The SMILES string of the molecule is Cc1ccn2c(C(=O)N(Cc3ccccc3)Cc3ccccc3)c(C)nc2c1. The Balaban J connectivity index is 1.73. The average molecular weight is 369 g/mol. The minimum Gasteiger partial charge on any atom is -0.329 e. The Morgan fingerprint density at radius 2 is 1.46 bits per heavy atom. The molecule has 140 valence electrons. The molecule has 0 saturated heterocycles. The second-order valence-electron chi connectivity index (χ2n) is 7.11. The summed E-state index contributed by atoms with van der Waals surface area (Å²) in [6.45, 7) is 5.03. The summed E-state index contributed by atoms with van der Waals surface area (Å²) in [6.07, 6.45) is 1.93. The van der Waals surface area contributed by atoms with Gasteiger partial charge in [0.25, 0.3) is 5.91 Å². The number of nitrogens with zero attached hydrogens (tertiary/aromatic N) is 3. The summed E-state index contributed by atoms with van der Waals surface area (Å²) in [5.74, 6) is -0.0124. The van der Waals surface area contributed by atoms with Crippen LogP contribution in [0.5, 0.6) is 0 Å². The van der Waals surface area contributed by atoms with Gasteiger partial charge in [0.2, 0.25) is 0 Å². The van der Waals surface area contributed by atoms with Gasteiger partial charge in [-0.15, -0.1) is 0 Å². The molecule has 0 spiro atoms. The first-order valence-corrected chi connectivity index (χ1v) is 9.44. The first-order chi connectivity index (χ1) is 13.6. The minimum atomic E-state index is -0.0124. The fraction of sp³-hybridized carbons (Fsp3) is 0.167. The number of aryl methyl sites for hydroxylation is 2. The number of imidazole rings is 1. The van der Waals surface area contributed by atoms with Crippen molar-refractivity contribution in [3.05, 3.63) is 107 Å². The van der Waals surface area contributed by atoms with Gasteiger partial charge in [-0.25, -0.2) is 4.98 Å². The topological polar surface area (TPSA) is 37.6 Å². The monoisotopic (exact) mass is 369 g/mol. The molecule has 0 aliphatic carbocycles. The molecule has 4 rings (SSSR count). The van der Waals surface area contributed by atoms with Gasteiger partial charge >= 0.3 is 0 Å². The van der Waals surface area contributed by atoms with Crippen molar-refractivity contribution in [2.45, 2.75) is 26.9 Å². The van der Waals surface area contributed by atoms with Gasteiger partial charge in [0.15, 0.2) is 0 Å². The molecule has 0 N–H and O–H groups in total. The van der Waals surface area contributed by atoms with Crippen LogP contribution in [0, 0.1) is 13.8 Å². The number of carbonyl (C=O) groups excluding carboxylic acids is 1. The van der Waals surface area contributed by atoms with Crippen molar-refractivity contribution in [1.82, 2.24) is 14.3 Å². The Hall–Kier alpha value is -3.40. The molecule has 4 aromatic rings. The number of benzene rings is 2. The number of fused-ring (bicyclic) bond motifs is 1. The van der Waals surface area contributed by atoms with E-state index >= 15 is 0 Å². The Bertz CT molecular complexity index is 1060. The second-order valence-corrected chi connectivity index (χ2v) is 7.11. The highest BCUT2D eigenvalue weighted by atomic mass is 16.2. The molecule has 0 unspecified atom stereocenters. The number of carbonyl (C=O) groups is 1. The summed E-state index contributed by atoms with van der Waals surface area (Å²) in [4.78, 5) is 20.1. The molecule has 28 heavy (non-hydrogen) atoms. The molecule has 0 aliphatic rings. The summed E-state index contributed by atoms with van der Waals surface area (Å²) < 4.78 is 1.90. The predicted molar refractivity (Wildman–Crippen MR) is 111 cm³/mol. The summed E-state index contributed by atoms with van der Waals surface area (Å²) in [5, 5.41) is 0. The smallest absolute Gasteiger partial charge is 0.273 e. The maximum Gasteiger partial charge on any atom is 0.273 e.